The summed E-state index contributed by atoms with van der Waals surface area (Å²) in [5.74, 6) is 1.53. The molecule has 1 unspecified atom stereocenters. The van der Waals surface area contributed by atoms with Crippen LogP contribution in [0.25, 0.3) is 0 Å². The van der Waals surface area contributed by atoms with Crippen molar-refractivity contribution in [2.75, 3.05) is 13.2 Å². The van der Waals surface area contributed by atoms with E-state index < -0.39 is 0 Å². The number of nitrogens with zero attached hydrogens (tertiary/aromatic N) is 4. The number of likely N-dealkylation sites (tertiary alicyclic amines) is 1. The van der Waals surface area contributed by atoms with Crippen LogP contribution >= 0.6 is 0 Å². The van der Waals surface area contributed by atoms with Gasteiger partial charge < -0.3 is 14.2 Å². The number of rotatable bonds is 8. The normalized spacial score (nSPS) is 16.5. The van der Waals surface area contributed by atoms with Gasteiger partial charge in [0.1, 0.15) is 12.1 Å². The molecule has 0 bridgehead atoms. The second kappa shape index (κ2) is 8.79. The zero-order chi connectivity index (χ0) is 19.2. The Morgan fingerprint density at radius 1 is 1.22 bits per heavy atom. The van der Waals surface area contributed by atoms with Crippen molar-refractivity contribution in [3.63, 3.8) is 0 Å². The largest absolute Gasteiger partial charge is 0.494 e. The second-order valence-corrected chi connectivity index (χ2v) is 6.84. The summed E-state index contributed by atoms with van der Waals surface area (Å²) in [5, 5.41) is 8.05. The zero-order valence-electron chi connectivity index (χ0n) is 15.9. The first-order valence-corrected chi connectivity index (χ1v) is 9.49. The van der Waals surface area contributed by atoms with Gasteiger partial charge in [-0.2, -0.15) is 0 Å². The van der Waals surface area contributed by atoms with Gasteiger partial charge in [-0.05, 0) is 43.5 Å². The maximum atomic E-state index is 12.7. The third-order valence-corrected chi connectivity index (χ3v) is 4.83. The van der Waals surface area contributed by atoms with Crippen LogP contribution in [0.4, 0.5) is 0 Å². The molecule has 144 valence electrons. The van der Waals surface area contributed by atoms with Gasteiger partial charge in [-0.1, -0.05) is 6.92 Å². The summed E-state index contributed by atoms with van der Waals surface area (Å²) in [6.07, 6.45) is 4.82. The summed E-state index contributed by atoms with van der Waals surface area (Å²) in [6.45, 7) is 3.41. The molecule has 27 heavy (non-hydrogen) atoms. The molecule has 1 fully saturated rings. The lowest BCUT2D eigenvalue weighted by molar-refractivity contribution is -0.132. The molecule has 2 heterocycles. The maximum absolute atomic E-state index is 12.7. The maximum Gasteiger partial charge on any atom is 0.223 e. The Morgan fingerprint density at radius 2 is 2.00 bits per heavy atom. The van der Waals surface area contributed by atoms with E-state index in [1.165, 1.54) is 0 Å². The van der Waals surface area contributed by atoms with Crippen molar-refractivity contribution in [3.05, 3.63) is 42.0 Å². The van der Waals surface area contributed by atoms with Gasteiger partial charge in [-0.3, -0.25) is 9.59 Å². The lowest BCUT2D eigenvalue weighted by Crippen LogP contribution is -2.32. The van der Waals surface area contributed by atoms with Crippen LogP contribution in [-0.2, 0) is 11.8 Å². The van der Waals surface area contributed by atoms with Crippen molar-refractivity contribution in [1.29, 1.82) is 0 Å². The van der Waals surface area contributed by atoms with Crippen molar-refractivity contribution in [2.24, 2.45) is 7.05 Å². The van der Waals surface area contributed by atoms with Crippen LogP contribution in [0.5, 0.6) is 5.75 Å². The van der Waals surface area contributed by atoms with Crippen LogP contribution in [0.1, 0.15) is 61.3 Å². The van der Waals surface area contributed by atoms with Gasteiger partial charge in [0.25, 0.3) is 0 Å². The number of aryl methyl sites for hydroxylation is 1. The fourth-order valence-corrected chi connectivity index (χ4v) is 3.39. The molecule has 1 aliphatic heterocycles. The SMILES string of the molecule is CCCOc1ccc(C(=O)CCC(=O)N2CCCC2c2nncn2C)cc1. The highest BCUT2D eigenvalue weighted by Gasteiger charge is 2.32. The average Bonchev–Trinajstić information content (AvgIpc) is 3.33. The van der Waals surface area contributed by atoms with Gasteiger partial charge in [0.15, 0.2) is 11.6 Å². The number of Topliss-reactive ketones (excluding diaryl/α,β-unsaturated/α-hetero) is 1. The highest BCUT2D eigenvalue weighted by molar-refractivity contribution is 5.98. The fraction of sp³-hybridized carbons (Fsp3) is 0.500. The molecule has 0 spiro atoms. The van der Waals surface area contributed by atoms with Crippen LogP contribution < -0.4 is 4.74 Å². The molecule has 1 aromatic heterocycles. The average molecular weight is 370 g/mol. The first-order valence-electron chi connectivity index (χ1n) is 9.49. The number of ether oxygens (including phenoxy) is 1. The highest BCUT2D eigenvalue weighted by atomic mass is 16.5. The lowest BCUT2D eigenvalue weighted by Gasteiger charge is -2.23. The van der Waals surface area contributed by atoms with Gasteiger partial charge in [0, 0.05) is 32.0 Å². The number of carbonyl (C=O) groups excluding carboxylic acids is 2. The third-order valence-electron chi connectivity index (χ3n) is 4.83. The van der Waals surface area contributed by atoms with E-state index in [4.69, 9.17) is 4.74 Å². The van der Waals surface area contributed by atoms with Gasteiger partial charge in [-0.25, -0.2) is 0 Å². The number of carbonyl (C=O) groups is 2. The molecule has 1 amide bonds. The molecule has 2 aromatic rings. The number of ketones is 1. The van der Waals surface area contributed by atoms with Crippen LogP contribution in [0.3, 0.4) is 0 Å². The van der Waals surface area contributed by atoms with E-state index in [1.54, 1.807) is 30.6 Å². The van der Waals surface area contributed by atoms with Crippen molar-refractivity contribution in [3.8, 4) is 5.75 Å². The zero-order valence-corrected chi connectivity index (χ0v) is 15.9. The monoisotopic (exact) mass is 370 g/mol. The molecule has 1 saturated heterocycles. The Morgan fingerprint density at radius 3 is 2.67 bits per heavy atom. The van der Waals surface area contributed by atoms with Crippen molar-refractivity contribution < 1.29 is 14.3 Å². The molecule has 3 rings (SSSR count). The Hall–Kier alpha value is -2.70. The molecule has 0 aliphatic carbocycles. The molecule has 1 atom stereocenters. The van der Waals surface area contributed by atoms with E-state index in [2.05, 4.69) is 10.2 Å². The second-order valence-electron chi connectivity index (χ2n) is 6.84. The van der Waals surface area contributed by atoms with Gasteiger partial charge >= 0.3 is 0 Å². The van der Waals surface area contributed by atoms with Gasteiger partial charge in [-0.15, -0.1) is 10.2 Å². The molecule has 7 heteroatoms. The summed E-state index contributed by atoms with van der Waals surface area (Å²) in [5.41, 5.74) is 0.609. The van der Waals surface area contributed by atoms with Crippen LogP contribution in [-0.4, -0.2) is 44.5 Å². The topological polar surface area (TPSA) is 77.3 Å². The Kier molecular flexibility index (Phi) is 6.21. The van der Waals surface area contributed by atoms with Gasteiger partial charge in [0.2, 0.25) is 5.91 Å². The minimum absolute atomic E-state index is 0.00301. The summed E-state index contributed by atoms with van der Waals surface area (Å²) in [7, 11) is 1.88. The van der Waals surface area contributed by atoms with Crippen molar-refractivity contribution >= 4 is 11.7 Å². The number of hydrogen-bond acceptors (Lipinski definition) is 5. The Bertz CT molecular complexity index is 785. The van der Waals surface area contributed by atoms with E-state index in [0.29, 0.717) is 18.7 Å². The smallest absolute Gasteiger partial charge is 0.223 e. The summed E-state index contributed by atoms with van der Waals surface area (Å²) in [6, 6.07) is 7.08. The first kappa shape index (κ1) is 19.1. The number of amides is 1. The predicted octanol–water partition coefficient (Wildman–Crippen LogP) is 2.93. The molecule has 1 aliphatic rings. The number of aromatic nitrogens is 3. The van der Waals surface area contributed by atoms with Gasteiger partial charge in [0.05, 0.1) is 12.6 Å². The van der Waals surface area contributed by atoms with E-state index in [9.17, 15) is 9.59 Å². The molecule has 0 radical (unpaired) electrons. The molecule has 0 N–H and O–H groups in total. The van der Waals surface area contributed by atoms with Crippen molar-refractivity contribution in [1.82, 2.24) is 19.7 Å². The predicted molar refractivity (Wildman–Crippen MR) is 100 cm³/mol. The summed E-state index contributed by atoms with van der Waals surface area (Å²) < 4.78 is 7.38. The van der Waals surface area contributed by atoms with Crippen LogP contribution in [0.15, 0.2) is 30.6 Å². The standard InChI is InChI=1S/C20H26N4O3/c1-3-13-27-16-8-6-15(7-9-16)18(25)10-11-19(26)24-12-4-5-17(24)20-22-21-14-23(20)2/h6-9,14,17H,3-5,10-13H2,1-2H3. The molecule has 0 saturated carbocycles. The van der Waals surface area contributed by atoms with Crippen LogP contribution in [0, 0.1) is 0 Å². The van der Waals surface area contributed by atoms with Crippen molar-refractivity contribution in [2.45, 2.75) is 45.1 Å². The molecular formula is C20H26N4O3. The summed E-state index contributed by atoms with van der Waals surface area (Å²) >= 11 is 0. The van der Waals surface area contributed by atoms with E-state index in [0.717, 1.165) is 30.8 Å². The molecule has 1 aromatic carbocycles. The third kappa shape index (κ3) is 4.53. The minimum atomic E-state index is -0.0462. The minimum Gasteiger partial charge on any atom is -0.494 e. The van der Waals surface area contributed by atoms with E-state index in [-0.39, 0.29) is 30.6 Å². The first-order chi connectivity index (χ1) is 13.1. The van der Waals surface area contributed by atoms with E-state index >= 15 is 0 Å². The highest BCUT2D eigenvalue weighted by Crippen LogP contribution is 2.31. The lowest BCUT2D eigenvalue weighted by atomic mass is 10.1. The number of hydrogen-bond donors (Lipinski definition) is 0. The fourth-order valence-electron chi connectivity index (χ4n) is 3.39. The Labute approximate surface area is 159 Å². The van der Waals surface area contributed by atoms with E-state index in [1.807, 2.05) is 23.4 Å². The quantitative estimate of drug-likeness (QED) is 0.668. The summed E-state index contributed by atoms with van der Waals surface area (Å²) in [4.78, 5) is 26.9. The molecule has 7 nitrogen and oxygen atoms in total. The molecular weight excluding hydrogens is 344 g/mol. The Balaban J connectivity index is 1.55. The van der Waals surface area contributed by atoms with Crippen LogP contribution in [0.2, 0.25) is 0 Å². The number of benzene rings is 1.